The first-order valence-electron chi connectivity index (χ1n) is 4.75. The van der Waals surface area contributed by atoms with Crippen molar-refractivity contribution >= 4 is 15.9 Å². The van der Waals surface area contributed by atoms with Crippen LogP contribution in [0.1, 0.15) is 30.9 Å². The van der Waals surface area contributed by atoms with Gasteiger partial charge in [-0.25, -0.2) is 0 Å². The largest absolute Gasteiger partial charge is 0.326 e. The highest BCUT2D eigenvalue weighted by atomic mass is 79.9. The number of nitrogens with two attached hydrogens (primary N) is 1. The number of hydrogen-bond donors (Lipinski definition) is 1. The maximum absolute atomic E-state index is 5.62. The lowest BCUT2D eigenvalue weighted by molar-refractivity contribution is 0.793. The Labute approximate surface area is 88.5 Å². The Balaban J connectivity index is 2.74. The lowest BCUT2D eigenvalue weighted by Crippen LogP contribution is -1.98. The zero-order valence-electron chi connectivity index (χ0n) is 8.02. The Kier molecular flexibility index (Phi) is 4.46. The molecule has 1 aromatic rings. The van der Waals surface area contributed by atoms with Gasteiger partial charge in [-0.2, -0.15) is 0 Å². The van der Waals surface area contributed by atoms with Gasteiger partial charge in [0.15, 0.2) is 0 Å². The average Bonchev–Trinajstić information content (AvgIpc) is 2.16. The summed E-state index contributed by atoms with van der Waals surface area (Å²) < 4.78 is 1.12. The second-order valence-corrected chi connectivity index (χ2v) is 4.09. The molecule has 1 nitrogen and oxygen atoms in total. The molecule has 2 heteroatoms. The average molecular weight is 242 g/mol. The fraction of sp³-hybridized carbons (Fsp3) is 0.455. The maximum atomic E-state index is 5.62. The molecule has 0 bridgehead atoms. The summed E-state index contributed by atoms with van der Waals surface area (Å²) in [6, 6.07) is 6.45. The molecule has 0 aliphatic rings. The maximum Gasteiger partial charge on any atom is 0.0220 e. The van der Waals surface area contributed by atoms with E-state index in [1.54, 1.807) is 0 Å². The van der Waals surface area contributed by atoms with E-state index in [1.807, 2.05) is 0 Å². The third-order valence-electron chi connectivity index (χ3n) is 2.15. The summed E-state index contributed by atoms with van der Waals surface area (Å²) in [5.74, 6) is 0. The van der Waals surface area contributed by atoms with Gasteiger partial charge < -0.3 is 5.73 Å². The first-order valence-corrected chi connectivity index (χ1v) is 5.54. The van der Waals surface area contributed by atoms with E-state index in [0.29, 0.717) is 6.54 Å². The van der Waals surface area contributed by atoms with Crippen molar-refractivity contribution in [2.75, 3.05) is 0 Å². The molecular formula is C11H16BrN. The van der Waals surface area contributed by atoms with Crippen molar-refractivity contribution in [3.05, 3.63) is 33.8 Å². The van der Waals surface area contributed by atoms with Crippen LogP contribution in [0.4, 0.5) is 0 Å². The number of rotatable bonds is 4. The van der Waals surface area contributed by atoms with Crippen molar-refractivity contribution in [2.45, 2.75) is 32.7 Å². The first-order chi connectivity index (χ1) is 6.27. The van der Waals surface area contributed by atoms with Gasteiger partial charge in [0.05, 0.1) is 0 Å². The number of unbranched alkanes of at least 4 members (excludes halogenated alkanes) is 1. The standard InChI is InChI=1S/C11H16BrN/c1-2-3-4-9-5-6-11(12)10(7-9)8-13/h5-7H,2-4,8,13H2,1H3. The van der Waals surface area contributed by atoms with Gasteiger partial charge in [0.2, 0.25) is 0 Å². The minimum atomic E-state index is 0.612. The smallest absolute Gasteiger partial charge is 0.0220 e. The zero-order valence-corrected chi connectivity index (χ0v) is 9.60. The fourth-order valence-electron chi connectivity index (χ4n) is 1.32. The van der Waals surface area contributed by atoms with E-state index >= 15 is 0 Å². The highest BCUT2D eigenvalue weighted by molar-refractivity contribution is 9.10. The van der Waals surface area contributed by atoms with E-state index in [1.165, 1.54) is 24.0 Å². The molecule has 0 saturated heterocycles. The van der Waals surface area contributed by atoms with Crippen molar-refractivity contribution in [1.29, 1.82) is 0 Å². The molecule has 0 aliphatic carbocycles. The lowest BCUT2D eigenvalue weighted by Gasteiger charge is -2.05. The Hall–Kier alpha value is -0.340. The van der Waals surface area contributed by atoms with Gasteiger partial charge in [-0.1, -0.05) is 41.4 Å². The van der Waals surface area contributed by atoms with Crippen LogP contribution >= 0.6 is 15.9 Å². The molecule has 0 fully saturated rings. The third kappa shape index (κ3) is 3.12. The molecule has 72 valence electrons. The van der Waals surface area contributed by atoms with Crippen molar-refractivity contribution in [3.8, 4) is 0 Å². The van der Waals surface area contributed by atoms with E-state index in [9.17, 15) is 0 Å². The molecule has 2 N–H and O–H groups in total. The van der Waals surface area contributed by atoms with E-state index in [4.69, 9.17) is 5.73 Å². The molecular weight excluding hydrogens is 226 g/mol. The molecule has 1 aromatic carbocycles. The summed E-state index contributed by atoms with van der Waals surface area (Å²) in [5.41, 5.74) is 8.21. The third-order valence-corrected chi connectivity index (χ3v) is 2.92. The van der Waals surface area contributed by atoms with Crippen LogP contribution in [0.2, 0.25) is 0 Å². The van der Waals surface area contributed by atoms with Gasteiger partial charge in [-0.3, -0.25) is 0 Å². The van der Waals surface area contributed by atoms with Gasteiger partial charge >= 0.3 is 0 Å². The summed E-state index contributed by atoms with van der Waals surface area (Å²) in [6.07, 6.45) is 3.66. The van der Waals surface area contributed by atoms with E-state index in [-0.39, 0.29) is 0 Å². The van der Waals surface area contributed by atoms with Crippen LogP contribution in [-0.4, -0.2) is 0 Å². The van der Waals surface area contributed by atoms with Crippen LogP contribution in [-0.2, 0) is 13.0 Å². The highest BCUT2D eigenvalue weighted by Gasteiger charge is 1.99. The molecule has 0 heterocycles. The Morgan fingerprint density at radius 1 is 1.38 bits per heavy atom. The molecule has 0 amide bonds. The van der Waals surface area contributed by atoms with Crippen LogP contribution in [0.5, 0.6) is 0 Å². The number of hydrogen-bond acceptors (Lipinski definition) is 1. The van der Waals surface area contributed by atoms with Crippen LogP contribution < -0.4 is 5.73 Å². The Bertz CT molecular complexity index is 271. The van der Waals surface area contributed by atoms with E-state index in [2.05, 4.69) is 41.1 Å². The van der Waals surface area contributed by atoms with Crippen molar-refractivity contribution in [1.82, 2.24) is 0 Å². The van der Waals surface area contributed by atoms with Gasteiger partial charge in [-0.05, 0) is 30.0 Å². The summed E-state index contributed by atoms with van der Waals surface area (Å²) in [7, 11) is 0. The topological polar surface area (TPSA) is 26.0 Å². The van der Waals surface area contributed by atoms with Crippen LogP contribution in [0.3, 0.4) is 0 Å². The Morgan fingerprint density at radius 3 is 2.77 bits per heavy atom. The zero-order chi connectivity index (χ0) is 9.68. The van der Waals surface area contributed by atoms with Gasteiger partial charge in [0.1, 0.15) is 0 Å². The predicted octanol–water partition coefficient (Wildman–Crippen LogP) is 3.25. The summed E-state index contributed by atoms with van der Waals surface area (Å²) in [4.78, 5) is 0. The van der Waals surface area contributed by atoms with Crippen LogP contribution in [0.15, 0.2) is 22.7 Å². The van der Waals surface area contributed by atoms with Gasteiger partial charge in [0.25, 0.3) is 0 Å². The number of benzene rings is 1. The quantitative estimate of drug-likeness (QED) is 0.861. The molecule has 0 radical (unpaired) electrons. The van der Waals surface area contributed by atoms with Gasteiger partial charge in [-0.15, -0.1) is 0 Å². The number of halogens is 1. The van der Waals surface area contributed by atoms with E-state index < -0.39 is 0 Å². The fourth-order valence-corrected chi connectivity index (χ4v) is 1.73. The molecule has 0 aliphatic heterocycles. The van der Waals surface area contributed by atoms with Crippen molar-refractivity contribution < 1.29 is 0 Å². The number of aryl methyl sites for hydroxylation is 1. The minimum Gasteiger partial charge on any atom is -0.326 e. The monoisotopic (exact) mass is 241 g/mol. The molecule has 13 heavy (non-hydrogen) atoms. The summed E-state index contributed by atoms with van der Waals surface area (Å²) >= 11 is 3.48. The molecule has 0 spiro atoms. The van der Waals surface area contributed by atoms with Crippen LogP contribution in [0, 0.1) is 0 Å². The SMILES string of the molecule is CCCCc1ccc(Br)c(CN)c1. The van der Waals surface area contributed by atoms with Crippen molar-refractivity contribution in [3.63, 3.8) is 0 Å². The molecule has 0 atom stereocenters. The van der Waals surface area contributed by atoms with E-state index in [0.717, 1.165) is 10.9 Å². The minimum absolute atomic E-state index is 0.612. The molecule has 1 rings (SSSR count). The predicted molar refractivity (Wildman–Crippen MR) is 60.6 cm³/mol. The lowest BCUT2D eigenvalue weighted by atomic mass is 10.1. The molecule has 0 saturated carbocycles. The van der Waals surface area contributed by atoms with Crippen molar-refractivity contribution in [2.24, 2.45) is 5.73 Å². The molecule has 0 unspecified atom stereocenters. The molecule has 0 aromatic heterocycles. The summed E-state index contributed by atoms with van der Waals surface area (Å²) in [5, 5.41) is 0. The second kappa shape index (κ2) is 5.40. The first kappa shape index (κ1) is 10.7. The van der Waals surface area contributed by atoms with Crippen LogP contribution in [0.25, 0.3) is 0 Å². The second-order valence-electron chi connectivity index (χ2n) is 3.23. The Morgan fingerprint density at radius 2 is 2.15 bits per heavy atom. The summed E-state index contributed by atoms with van der Waals surface area (Å²) in [6.45, 7) is 2.82. The van der Waals surface area contributed by atoms with Gasteiger partial charge in [0, 0.05) is 11.0 Å². The highest BCUT2D eigenvalue weighted by Crippen LogP contribution is 2.18. The normalized spacial score (nSPS) is 10.4.